The van der Waals surface area contributed by atoms with Gasteiger partial charge in [0.2, 0.25) is 0 Å². The van der Waals surface area contributed by atoms with E-state index in [0.29, 0.717) is 11.1 Å². The maximum atomic E-state index is 13.8. The van der Waals surface area contributed by atoms with E-state index in [9.17, 15) is 27.9 Å². The SMILES string of the molecule is CC1=C(C(=O)O)[C@@H](c2ccc(C#N)cc2)N(COCc2ccccc2)C(=O)N1c1cccc(C(F)(F)F)c1. The fourth-order valence-electron chi connectivity index (χ4n) is 4.31. The van der Waals surface area contributed by atoms with Gasteiger partial charge in [0.1, 0.15) is 6.73 Å². The minimum Gasteiger partial charge on any atom is -0.478 e. The van der Waals surface area contributed by atoms with E-state index in [4.69, 9.17) is 10.00 Å². The monoisotopic (exact) mass is 521 g/mol. The molecular weight excluding hydrogens is 499 g/mol. The Labute approximate surface area is 216 Å². The van der Waals surface area contributed by atoms with Crippen LogP contribution in [0.1, 0.15) is 35.2 Å². The van der Waals surface area contributed by atoms with Crippen LogP contribution in [-0.4, -0.2) is 28.7 Å². The van der Waals surface area contributed by atoms with Crippen molar-refractivity contribution < 1.29 is 32.6 Å². The molecule has 0 spiro atoms. The van der Waals surface area contributed by atoms with E-state index in [1.807, 2.05) is 36.4 Å². The van der Waals surface area contributed by atoms with E-state index in [1.54, 1.807) is 0 Å². The van der Waals surface area contributed by atoms with Crippen LogP contribution in [0.15, 0.2) is 90.1 Å². The van der Waals surface area contributed by atoms with Crippen molar-refractivity contribution in [3.63, 3.8) is 0 Å². The number of hydrogen-bond acceptors (Lipinski definition) is 4. The molecule has 10 heteroatoms. The van der Waals surface area contributed by atoms with Gasteiger partial charge in [0, 0.05) is 5.70 Å². The first-order valence-electron chi connectivity index (χ1n) is 11.5. The molecule has 1 aliphatic rings. The predicted molar refractivity (Wildman–Crippen MR) is 131 cm³/mol. The highest BCUT2D eigenvalue weighted by atomic mass is 19.4. The lowest BCUT2D eigenvalue weighted by molar-refractivity contribution is -0.137. The fraction of sp³-hybridized carbons (Fsp3) is 0.179. The maximum Gasteiger partial charge on any atom is 0.416 e. The molecule has 2 amide bonds. The summed E-state index contributed by atoms with van der Waals surface area (Å²) >= 11 is 0. The van der Waals surface area contributed by atoms with Gasteiger partial charge in [0.25, 0.3) is 0 Å². The number of urea groups is 1. The van der Waals surface area contributed by atoms with Gasteiger partial charge in [0.05, 0.1) is 41.1 Å². The highest BCUT2D eigenvalue weighted by Crippen LogP contribution is 2.40. The van der Waals surface area contributed by atoms with Gasteiger partial charge in [-0.2, -0.15) is 18.4 Å². The van der Waals surface area contributed by atoms with Crippen molar-refractivity contribution in [1.82, 2.24) is 4.90 Å². The Morgan fingerprint density at radius 1 is 1.05 bits per heavy atom. The quantitative estimate of drug-likeness (QED) is 0.406. The van der Waals surface area contributed by atoms with Gasteiger partial charge >= 0.3 is 18.2 Å². The number of carboxylic acids is 1. The second-order valence-corrected chi connectivity index (χ2v) is 8.54. The number of benzene rings is 3. The Morgan fingerprint density at radius 3 is 2.34 bits per heavy atom. The van der Waals surface area contributed by atoms with Crippen LogP contribution in [0.25, 0.3) is 0 Å². The van der Waals surface area contributed by atoms with Crippen LogP contribution in [0.5, 0.6) is 0 Å². The zero-order valence-corrected chi connectivity index (χ0v) is 20.1. The molecule has 1 aliphatic heterocycles. The zero-order valence-electron chi connectivity index (χ0n) is 20.1. The molecule has 0 fully saturated rings. The van der Waals surface area contributed by atoms with Crippen LogP contribution in [0.4, 0.5) is 23.7 Å². The minimum atomic E-state index is -4.66. The van der Waals surface area contributed by atoms with Crippen LogP contribution in [0, 0.1) is 11.3 Å². The summed E-state index contributed by atoms with van der Waals surface area (Å²) in [7, 11) is 0. The van der Waals surface area contributed by atoms with Gasteiger partial charge in [0.15, 0.2) is 0 Å². The molecule has 4 rings (SSSR count). The molecule has 194 valence electrons. The van der Waals surface area contributed by atoms with E-state index in [1.165, 1.54) is 37.3 Å². The lowest BCUT2D eigenvalue weighted by Crippen LogP contribution is -2.51. The number of anilines is 1. The first kappa shape index (κ1) is 26.4. The molecule has 0 aliphatic carbocycles. The topological polar surface area (TPSA) is 93.9 Å². The Morgan fingerprint density at radius 2 is 1.74 bits per heavy atom. The third-order valence-electron chi connectivity index (χ3n) is 6.11. The number of amides is 2. The molecule has 1 heterocycles. The largest absolute Gasteiger partial charge is 0.478 e. The van der Waals surface area contributed by atoms with Crippen LogP contribution >= 0.6 is 0 Å². The molecule has 0 bridgehead atoms. The molecular formula is C28H22F3N3O4. The summed E-state index contributed by atoms with van der Waals surface area (Å²) in [5.41, 5.74) is 0.199. The molecule has 38 heavy (non-hydrogen) atoms. The van der Waals surface area contributed by atoms with Crippen molar-refractivity contribution in [2.75, 3.05) is 11.6 Å². The summed E-state index contributed by atoms with van der Waals surface area (Å²) in [6.07, 6.45) is -4.66. The molecule has 0 saturated carbocycles. The van der Waals surface area contributed by atoms with Crippen LogP contribution < -0.4 is 4.90 Å². The number of carbonyl (C=O) groups excluding carboxylic acids is 1. The summed E-state index contributed by atoms with van der Waals surface area (Å²) in [5.74, 6) is -1.35. The molecule has 1 atom stereocenters. The number of alkyl halides is 3. The number of hydrogen-bond donors (Lipinski definition) is 1. The van der Waals surface area contributed by atoms with Gasteiger partial charge < -0.3 is 9.84 Å². The normalized spacial score (nSPS) is 16.0. The second kappa shape index (κ2) is 10.8. The van der Waals surface area contributed by atoms with E-state index in [-0.39, 0.29) is 30.3 Å². The Bertz CT molecular complexity index is 1410. The third kappa shape index (κ3) is 5.38. The summed E-state index contributed by atoms with van der Waals surface area (Å²) in [6.45, 7) is 1.14. The Hall–Kier alpha value is -4.62. The van der Waals surface area contributed by atoms with Gasteiger partial charge in [-0.3, -0.25) is 9.80 Å². The number of allylic oxidation sites excluding steroid dienone is 1. The average Bonchev–Trinajstić information content (AvgIpc) is 2.90. The fourth-order valence-corrected chi connectivity index (χ4v) is 4.31. The van der Waals surface area contributed by atoms with Crippen LogP contribution in [0.2, 0.25) is 0 Å². The minimum absolute atomic E-state index is 0.0320. The molecule has 0 aromatic heterocycles. The number of rotatable bonds is 7. The van der Waals surface area contributed by atoms with E-state index in [2.05, 4.69) is 0 Å². The Kier molecular flexibility index (Phi) is 7.50. The van der Waals surface area contributed by atoms with Gasteiger partial charge in [-0.05, 0) is 48.4 Å². The summed E-state index contributed by atoms with van der Waals surface area (Å²) in [4.78, 5) is 28.5. The van der Waals surface area contributed by atoms with Crippen LogP contribution in [0.3, 0.4) is 0 Å². The van der Waals surface area contributed by atoms with E-state index in [0.717, 1.165) is 33.6 Å². The highest BCUT2D eigenvalue weighted by Gasteiger charge is 2.43. The predicted octanol–water partition coefficient (Wildman–Crippen LogP) is 6.09. The number of carboxylic acid groups (broad SMARTS) is 1. The molecule has 1 N–H and O–H groups in total. The summed E-state index contributed by atoms with van der Waals surface area (Å²) in [5, 5.41) is 19.4. The third-order valence-corrected chi connectivity index (χ3v) is 6.11. The molecule has 3 aromatic carbocycles. The van der Waals surface area contributed by atoms with Crippen molar-refractivity contribution in [1.29, 1.82) is 5.26 Å². The first-order chi connectivity index (χ1) is 18.1. The number of nitrogens with zero attached hydrogens (tertiary/aromatic N) is 3. The highest BCUT2D eigenvalue weighted by molar-refractivity contribution is 6.02. The first-order valence-corrected chi connectivity index (χ1v) is 11.5. The molecule has 0 saturated heterocycles. The zero-order chi connectivity index (χ0) is 27.4. The Balaban J connectivity index is 1.81. The number of carbonyl (C=O) groups is 2. The van der Waals surface area contributed by atoms with E-state index < -0.39 is 29.8 Å². The van der Waals surface area contributed by atoms with Gasteiger partial charge in [-0.25, -0.2) is 9.59 Å². The molecule has 0 unspecified atom stereocenters. The van der Waals surface area contributed by atoms with Crippen molar-refractivity contribution in [2.24, 2.45) is 0 Å². The number of nitriles is 1. The maximum absolute atomic E-state index is 13.8. The number of halogens is 3. The smallest absolute Gasteiger partial charge is 0.416 e. The standard InChI is InChI=1S/C28H22F3N3O4/c1-18-24(26(35)36)25(21-12-10-19(15-32)11-13-21)33(17-38-16-20-6-3-2-4-7-20)27(37)34(18)23-9-5-8-22(14-23)28(29,30)31/h2-14,25H,16-17H2,1H3,(H,35,36)/t25-/m1/s1. The lowest BCUT2D eigenvalue weighted by Gasteiger charge is -2.42. The molecule has 3 aromatic rings. The summed E-state index contributed by atoms with van der Waals surface area (Å²) < 4.78 is 46.0. The van der Waals surface area contributed by atoms with Crippen LogP contribution in [-0.2, 0) is 22.3 Å². The summed E-state index contributed by atoms with van der Waals surface area (Å²) in [6, 6.07) is 19.4. The van der Waals surface area contributed by atoms with Gasteiger partial charge in [-0.15, -0.1) is 0 Å². The van der Waals surface area contributed by atoms with Crippen molar-refractivity contribution in [3.05, 3.63) is 112 Å². The number of ether oxygens (including phenoxy) is 1. The molecule has 0 radical (unpaired) electrons. The van der Waals surface area contributed by atoms with Crippen molar-refractivity contribution >= 4 is 17.7 Å². The molecule has 7 nitrogen and oxygen atoms in total. The second-order valence-electron chi connectivity index (χ2n) is 8.54. The van der Waals surface area contributed by atoms with Gasteiger partial charge in [-0.1, -0.05) is 48.5 Å². The van der Waals surface area contributed by atoms with E-state index >= 15 is 0 Å². The average molecular weight is 521 g/mol. The van der Waals surface area contributed by atoms with Crippen molar-refractivity contribution in [3.8, 4) is 6.07 Å². The number of aliphatic carboxylic acids is 1. The van der Waals surface area contributed by atoms with Crippen molar-refractivity contribution in [2.45, 2.75) is 25.7 Å². The lowest BCUT2D eigenvalue weighted by atomic mass is 9.92.